The van der Waals surface area contributed by atoms with Gasteiger partial charge < -0.3 is 9.47 Å². The highest BCUT2D eigenvalue weighted by Gasteiger charge is 2.52. The van der Waals surface area contributed by atoms with Crippen molar-refractivity contribution in [3.05, 3.63) is 84.1 Å². The van der Waals surface area contributed by atoms with Gasteiger partial charge in [0.15, 0.2) is 6.10 Å². The van der Waals surface area contributed by atoms with Crippen molar-refractivity contribution in [3.63, 3.8) is 0 Å². The number of halogens is 5. The average molecular weight is 492 g/mol. The number of carbonyl (C=O) groups excluding carboxylic acids is 1. The van der Waals surface area contributed by atoms with Gasteiger partial charge >= 0.3 is 6.18 Å². The Kier molecular flexibility index (Phi) is 6.63. The number of nitrogens with zero attached hydrogens (tertiary/aromatic N) is 3. The predicted molar refractivity (Wildman–Crippen MR) is 113 cm³/mol. The fraction of sp³-hybridized carbons (Fsp3) is 0.217. The Balaban J connectivity index is 1.74. The summed E-state index contributed by atoms with van der Waals surface area (Å²) in [4.78, 5) is 24.1. The molecule has 0 bridgehead atoms. The Bertz CT molecular complexity index is 1220. The first-order valence-corrected chi connectivity index (χ1v) is 10.2. The minimum absolute atomic E-state index is 0.0267. The number of alkyl halides is 4. The number of amides is 1. The molecule has 0 radical (unpaired) electrons. The van der Waals surface area contributed by atoms with Gasteiger partial charge in [-0.05, 0) is 30.3 Å². The molecule has 35 heavy (non-hydrogen) atoms. The van der Waals surface area contributed by atoms with Crippen LogP contribution in [0.2, 0.25) is 0 Å². The lowest BCUT2D eigenvalue weighted by Crippen LogP contribution is -2.50. The molecule has 2 atom stereocenters. The summed E-state index contributed by atoms with van der Waals surface area (Å²) < 4.78 is 80.7. The fourth-order valence-electron chi connectivity index (χ4n) is 3.46. The van der Waals surface area contributed by atoms with E-state index in [1.807, 2.05) is 0 Å². The van der Waals surface area contributed by atoms with Crippen LogP contribution in [0.1, 0.15) is 22.3 Å². The summed E-state index contributed by atoms with van der Waals surface area (Å²) in [6.07, 6.45) is -4.60. The Morgan fingerprint density at radius 3 is 2.60 bits per heavy atom. The van der Waals surface area contributed by atoms with E-state index in [9.17, 15) is 26.7 Å². The number of hydrogen-bond donors (Lipinski definition) is 1. The number of nitrogens with one attached hydrogen (secondary N) is 1. The number of benzene rings is 2. The minimum Gasteiger partial charge on any atom is -0.452 e. The van der Waals surface area contributed by atoms with E-state index < -0.39 is 54.2 Å². The summed E-state index contributed by atoms with van der Waals surface area (Å²) >= 11 is 0. The maximum absolute atomic E-state index is 14.9. The normalized spacial score (nSPS) is 19.9. The van der Waals surface area contributed by atoms with Crippen LogP contribution in [0.25, 0.3) is 0 Å². The largest absolute Gasteiger partial charge is 0.452 e. The average Bonchev–Trinajstić information content (AvgIpc) is 2.85. The summed E-state index contributed by atoms with van der Waals surface area (Å²) in [5, 5.41) is 2.12. The molecule has 1 aromatic heterocycles. The van der Waals surface area contributed by atoms with Gasteiger partial charge in [0.2, 0.25) is 5.88 Å². The maximum Gasteiger partial charge on any atom is 0.425 e. The predicted octanol–water partition coefficient (Wildman–Crippen LogP) is 4.71. The van der Waals surface area contributed by atoms with E-state index >= 15 is 0 Å². The van der Waals surface area contributed by atoms with Crippen LogP contribution in [-0.2, 0) is 10.3 Å². The number of ether oxygens (including phenoxy) is 2. The van der Waals surface area contributed by atoms with Gasteiger partial charge in [-0.1, -0.05) is 18.2 Å². The van der Waals surface area contributed by atoms with Crippen LogP contribution in [0, 0.1) is 5.82 Å². The van der Waals surface area contributed by atoms with Crippen molar-refractivity contribution in [2.24, 2.45) is 4.99 Å². The number of amidine groups is 1. The van der Waals surface area contributed by atoms with Crippen LogP contribution in [-0.4, -0.2) is 40.9 Å². The molecule has 182 valence electrons. The third kappa shape index (κ3) is 5.36. The standard InChI is InChI=1S/C23H17F5N4O3/c24-13-22(16-10-15(6-7-17(16)25)34-19-12-29-8-9-30-19)11-18(23(26,27)28)35-21(32-22)31-20(33)14-4-2-1-3-5-14/h1-10,12,18H,11,13H2,(H,31,32,33)/t18-,22+/m0/s1. The first-order chi connectivity index (χ1) is 16.7. The van der Waals surface area contributed by atoms with Gasteiger partial charge in [-0.15, -0.1) is 0 Å². The smallest absolute Gasteiger partial charge is 0.425 e. The third-order valence-electron chi connectivity index (χ3n) is 5.14. The zero-order valence-corrected chi connectivity index (χ0v) is 17.8. The zero-order chi connectivity index (χ0) is 25.1. The van der Waals surface area contributed by atoms with Crippen molar-refractivity contribution in [3.8, 4) is 11.6 Å². The first kappa shape index (κ1) is 24.0. The molecule has 0 unspecified atom stereocenters. The Morgan fingerprint density at radius 1 is 1.17 bits per heavy atom. The number of carbonyl (C=O) groups is 1. The summed E-state index contributed by atoms with van der Waals surface area (Å²) in [7, 11) is 0. The van der Waals surface area contributed by atoms with Crippen molar-refractivity contribution in [2.45, 2.75) is 24.2 Å². The van der Waals surface area contributed by atoms with Crippen LogP contribution in [0.4, 0.5) is 22.0 Å². The Hall–Kier alpha value is -4.09. The second-order valence-corrected chi connectivity index (χ2v) is 7.54. The molecule has 0 saturated carbocycles. The van der Waals surface area contributed by atoms with E-state index in [2.05, 4.69) is 20.3 Å². The first-order valence-electron chi connectivity index (χ1n) is 10.2. The van der Waals surface area contributed by atoms with Gasteiger partial charge in [-0.2, -0.15) is 13.2 Å². The summed E-state index contributed by atoms with van der Waals surface area (Å²) in [5.74, 6) is -1.86. The SMILES string of the molecule is O=C(NC1=N[C@](CF)(c2cc(Oc3cnccn3)ccc2F)C[C@@H](C(F)(F)F)O1)c1ccccc1. The molecule has 0 aliphatic carbocycles. The molecule has 2 aromatic carbocycles. The van der Waals surface area contributed by atoms with Crippen molar-refractivity contribution >= 4 is 11.9 Å². The molecule has 1 aliphatic heterocycles. The van der Waals surface area contributed by atoms with Crippen LogP contribution in [0.15, 0.2) is 72.1 Å². The zero-order valence-electron chi connectivity index (χ0n) is 17.8. The second kappa shape index (κ2) is 9.65. The van der Waals surface area contributed by atoms with Gasteiger partial charge in [0.05, 0.1) is 6.20 Å². The van der Waals surface area contributed by atoms with Crippen LogP contribution < -0.4 is 10.1 Å². The summed E-state index contributed by atoms with van der Waals surface area (Å²) in [6, 6.07) is 9.80. The van der Waals surface area contributed by atoms with Crippen molar-refractivity contribution in [2.75, 3.05) is 6.67 Å². The molecule has 4 rings (SSSR count). The Morgan fingerprint density at radius 2 is 1.94 bits per heavy atom. The van der Waals surface area contributed by atoms with Gasteiger partial charge in [0.25, 0.3) is 11.9 Å². The molecule has 1 aliphatic rings. The molecule has 1 amide bonds. The molecule has 0 saturated heterocycles. The lowest BCUT2D eigenvalue weighted by Gasteiger charge is -2.37. The monoisotopic (exact) mass is 492 g/mol. The molecule has 7 nitrogen and oxygen atoms in total. The Labute approximate surface area is 195 Å². The van der Waals surface area contributed by atoms with E-state index in [4.69, 9.17) is 9.47 Å². The van der Waals surface area contributed by atoms with E-state index in [1.165, 1.54) is 36.8 Å². The van der Waals surface area contributed by atoms with Crippen molar-refractivity contribution < 1.29 is 36.2 Å². The lowest BCUT2D eigenvalue weighted by atomic mass is 9.84. The van der Waals surface area contributed by atoms with Gasteiger partial charge in [-0.25, -0.2) is 18.8 Å². The van der Waals surface area contributed by atoms with Gasteiger partial charge in [-0.3, -0.25) is 15.1 Å². The topological polar surface area (TPSA) is 85.7 Å². The minimum atomic E-state index is -4.96. The number of aliphatic imine (C=N–C) groups is 1. The highest BCUT2D eigenvalue weighted by molar-refractivity contribution is 6.04. The highest BCUT2D eigenvalue weighted by atomic mass is 19.4. The molecule has 2 heterocycles. The number of rotatable bonds is 5. The summed E-state index contributed by atoms with van der Waals surface area (Å²) in [5.41, 5.74) is -2.77. The molecule has 0 spiro atoms. The second-order valence-electron chi connectivity index (χ2n) is 7.54. The van der Waals surface area contributed by atoms with Gasteiger partial charge in [0, 0.05) is 29.9 Å². The molecular weight excluding hydrogens is 475 g/mol. The van der Waals surface area contributed by atoms with E-state index in [0.29, 0.717) is 0 Å². The quantitative estimate of drug-likeness (QED) is 0.522. The fourth-order valence-corrected chi connectivity index (χ4v) is 3.46. The van der Waals surface area contributed by atoms with E-state index in [-0.39, 0.29) is 17.2 Å². The molecule has 0 fully saturated rings. The van der Waals surface area contributed by atoms with Crippen LogP contribution in [0.5, 0.6) is 11.6 Å². The molecule has 1 N–H and O–H groups in total. The van der Waals surface area contributed by atoms with E-state index in [1.54, 1.807) is 18.2 Å². The highest BCUT2D eigenvalue weighted by Crippen LogP contribution is 2.42. The third-order valence-corrected chi connectivity index (χ3v) is 5.14. The van der Waals surface area contributed by atoms with Gasteiger partial charge in [0.1, 0.15) is 23.8 Å². The van der Waals surface area contributed by atoms with Crippen molar-refractivity contribution in [1.29, 1.82) is 0 Å². The lowest BCUT2D eigenvalue weighted by molar-refractivity contribution is -0.209. The van der Waals surface area contributed by atoms with Crippen LogP contribution in [0.3, 0.4) is 0 Å². The number of aromatic nitrogens is 2. The molecule has 3 aromatic rings. The number of hydrogen-bond acceptors (Lipinski definition) is 6. The van der Waals surface area contributed by atoms with E-state index in [0.717, 1.165) is 12.1 Å². The summed E-state index contributed by atoms with van der Waals surface area (Å²) in [6.45, 7) is -1.51. The molecule has 12 heteroatoms. The van der Waals surface area contributed by atoms with Crippen LogP contribution >= 0.6 is 0 Å². The maximum atomic E-state index is 14.9. The molecular formula is C23H17F5N4O3. The van der Waals surface area contributed by atoms with Crippen molar-refractivity contribution in [1.82, 2.24) is 15.3 Å².